The Morgan fingerprint density at radius 1 is 0.524 bits per heavy atom. The summed E-state index contributed by atoms with van der Waals surface area (Å²) in [5, 5.41) is 0. The van der Waals surface area contributed by atoms with Gasteiger partial charge in [-0.2, -0.15) is 0 Å². The molecule has 0 spiro atoms. The van der Waals surface area contributed by atoms with Gasteiger partial charge in [0.2, 0.25) is 0 Å². The molecule has 0 radical (unpaired) electrons. The van der Waals surface area contributed by atoms with Crippen molar-refractivity contribution in [1.82, 2.24) is 0 Å². The van der Waals surface area contributed by atoms with Gasteiger partial charge in [0.15, 0.2) is 0 Å². The molecule has 3 nitrogen and oxygen atoms in total. The van der Waals surface area contributed by atoms with Crippen LogP contribution in [-0.4, -0.2) is 11.4 Å². The van der Waals surface area contributed by atoms with Crippen LogP contribution in [0, 0.1) is 0 Å². The summed E-state index contributed by atoms with van der Waals surface area (Å²) >= 11 is 0.194. The van der Waals surface area contributed by atoms with E-state index in [4.69, 9.17) is 34.6 Å². The molecular weight excluding hydrogens is 603 g/mol. The molecule has 3 aromatic rings. The predicted octanol–water partition coefficient (Wildman–Crippen LogP) is 12.2. The Balaban J connectivity index is 0.00000197. The predicted molar refractivity (Wildman–Crippen MR) is 183 cm³/mol. The van der Waals surface area contributed by atoms with Crippen LogP contribution in [0.25, 0.3) is 0 Å². The molecule has 0 unspecified atom stereocenters. The molecular formula is C36H51Cl2FeN2O+. The van der Waals surface area contributed by atoms with E-state index in [0.717, 1.165) is 34.3 Å². The SMILES string of the molecule is CC(=Nc1c(C(C)(C)C)cccc1C(C)(C)C)c1ccc(C(C)=Nc2c(C(C)(C)C)cccc2C(C)(C)C)[oH+]1.[Cl][Fe][Cl]. The zero-order chi connectivity index (χ0) is 32.3. The Morgan fingerprint density at radius 2 is 0.762 bits per heavy atom. The van der Waals surface area contributed by atoms with Crippen LogP contribution in [-0.2, 0) is 34.8 Å². The van der Waals surface area contributed by atoms with Gasteiger partial charge in [0.05, 0.1) is 11.4 Å². The Morgan fingerprint density at radius 3 is 0.976 bits per heavy atom. The molecule has 0 aliphatic heterocycles. The average molecular weight is 655 g/mol. The number of furan rings is 1. The number of halogens is 2. The van der Waals surface area contributed by atoms with E-state index in [1.807, 2.05) is 0 Å². The summed E-state index contributed by atoms with van der Waals surface area (Å²) < 4.78 is 5.01. The third-order valence-corrected chi connectivity index (χ3v) is 7.24. The first-order valence-corrected chi connectivity index (χ1v) is 17.5. The van der Waals surface area contributed by atoms with E-state index in [0.29, 0.717) is 0 Å². The third kappa shape index (κ3) is 9.33. The van der Waals surface area contributed by atoms with Crippen molar-refractivity contribution >= 4 is 43.0 Å². The Labute approximate surface area is 270 Å². The second kappa shape index (κ2) is 13.9. The van der Waals surface area contributed by atoms with E-state index in [2.05, 4.69) is 145 Å². The van der Waals surface area contributed by atoms with Gasteiger partial charge < -0.3 is 4.42 Å². The number of benzene rings is 2. The van der Waals surface area contributed by atoms with E-state index in [1.54, 1.807) is 0 Å². The maximum absolute atomic E-state index is 5.23. The minimum absolute atomic E-state index is 0.0144. The van der Waals surface area contributed by atoms with Crippen molar-refractivity contribution in [3.05, 3.63) is 82.3 Å². The first kappa shape index (κ1) is 36.4. The number of rotatable bonds is 4. The van der Waals surface area contributed by atoms with E-state index in [1.165, 1.54) is 22.3 Å². The van der Waals surface area contributed by atoms with E-state index >= 15 is 0 Å². The molecule has 0 saturated carbocycles. The van der Waals surface area contributed by atoms with Crippen molar-refractivity contribution in [3.8, 4) is 0 Å². The molecule has 1 aromatic heterocycles. The molecule has 0 amide bonds. The number of hydrogen-bond donors (Lipinski definition) is 0. The average Bonchev–Trinajstić information content (AvgIpc) is 3.33. The topological polar surface area (TPSA) is 37.5 Å². The standard InChI is InChI=1S/C36H50N2O.2ClH.Fe/c1-23(37-31-25(33(3,4)5)17-15-18-26(31)34(6,7)8)29-21-22-30(39-29)24(2)38-32-27(35(9,10)11)19-16-20-28(32)36(12,13)14;;;/h15-22H,1-14H3;2*1H;/q;;;+2/p-1. The molecule has 3 rings (SSSR count). The van der Waals surface area contributed by atoms with E-state index < -0.39 is 0 Å². The van der Waals surface area contributed by atoms with Crippen LogP contribution in [0.15, 0.2) is 62.9 Å². The molecule has 232 valence electrons. The second-order valence-corrected chi connectivity index (χ2v) is 16.9. The van der Waals surface area contributed by atoms with Gasteiger partial charge in [-0.25, -0.2) is 9.98 Å². The van der Waals surface area contributed by atoms with Crippen LogP contribution in [0.5, 0.6) is 0 Å². The van der Waals surface area contributed by atoms with Crippen LogP contribution >= 0.6 is 20.2 Å². The van der Waals surface area contributed by atoms with Crippen LogP contribution in [0.2, 0.25) is 0 Å². The van der Waals surface area contributed by atoms with Gasteiger partial charge in [-0.15, -0.1) is 0 Å². The van der Waals surface area contributed by atoms with E-state index in [9.17, 15) is 0 Å². The molecule has 0 aliphatic carbocycles. The van der Waals surface area contributed by atoms with Crippen molar-refractivity contribution in [2.24, 2.45) is 9.98 Å². The molecule has 0 saturated heterocycles. The number of nitrogens with zero attached hydrogens (tertiary/aromatic N) is 2. The first-order valence-electron chi connectivity index (χ1n) is 14.5. The quantitative estimate of drug-likeness (QED) is 0.153. The van der Waals surface area contributed by atoms with Gasteiger partial charge in [-0.05, 0) is 57.8 Å². The summed E-state index contributed by atoms with van der Waals surface area (Å²) in [6.07, 6.45) is 0. The van der Waals surface area contributed by atoms with Crippen molar-refractivity contribution in [1.29, 1.82) is 0 Å². The summed E-state index contributed by atoms with van der Waals surface area (Å²) in [6.45, 7) is 31.2. The first-order chi connectivity index (χ1) is 19.1. The molecule has 2 aromatic carbocycles. The fourth-order valence-corrected chi connectivity index (χ4v) is 4.96. The summed E-state index contributed by atoms with van der Waals surface area (Å²) in [7, 11) is 9.53. The summed E-state index contributed by atoms with van der Waals surface area (Å²) in [5.41, 5.74) is 8.94. The van der Waals surface area contributed by atoms with Gasteiger partial charge >= 0.3 is 33.3 Å². The number of hydrogen-bond acceptors (Lipinski definition) is 2. The molecule has 42 heavy (non-hydrogen) atoms. The monoisotopic (exact) mass is 653 g/mol. The summed E-state index contributed by atoms with van der Waals surface area (Å²) in [6, 6.07) is 17.3. The normalized spacial score (nSPS) is 13.7. The van der Waals surface area contributed by atoms with Crippen LogP contribution in [0.3, 0.4) is 0 Å². The van der Waals surface area contributed by atoms with Crippen molar-refractivity contribution in [3.63, 3.8) is 0 Å². The van der Waals surface area contributed by atoms with E-state index in [-0.39, 0.29) is 34.8 Å². The molecule has 6 heteroatoms. The molecule has 0 bridgehead atoms. The fourth-order valence-electron chi connectivity index (χ4n) is 4.96. The third-order valence-electron chi connectivity index (χ3n) is 7.24. The zero-order valence-corrected chi connectivity index (χ0v) is 30.7. The van der Waals surface area contributed by atoms with Gasteiger partial charge in [0.25, 0.3) is 11.5 Å². The molecule has 0 atom stereocenters. The Hall–Kier alpha value is -1.84. The fraction of sp³-hybridized carbons (Fsp3) is 0.500. The number of para-hydroxylation sites is 2. The minimum atomic E-state index is -0.0144. The van der Waals surface area contributed by atoms with Crippen molar-refractivity contribution in [2.45, 2.75) is 119 Å². The van der Waals surface area contributed by atoms with Crippen molar-refractivity contribution in [2.75, 3.05) is 0 Å². The van der Waals surface area contributed by atoms with Gasteiger partial charge in [0, 0.05) is 12.1 Å². The van der Waals surface area contributed by atoms with Crippen molar-refractivity contribution < 1.29 is 17.6 Å². The number of aliphatic imine (C=N–C) groups is 2. The second-order valence-electron chi connectivity index (χ2n) is 15.1. The van der Waals surface area contributed by atoms with Crippen LogP contribution in [0.4, 0.5) is 11.4 Å². The molecule has 0 aliphatic rings. The van der Waals surface area contributed by atoms with Gasteiger partial charge in [-0.3, -0.25) is 0 Å². The molecule has 1 N–H and O–H groups in total. The molecule has 1 heterocycles. The van der Waals surface area contributed by atoms with Gasteiger partial charge in [-0.1, -0.05) is 119 Å². The Kier molecular flexibility index (Phi) is 12.0. The maximum atomic E-state index is 5.23. The Bertz CT molecular complexity index is 1250. The molecule has 0 fully saturated rings. The summed E-state index contributed by atoms with van der Waals surface area (Å²) in [5.74, 6) is 1.78. The zero-order valence-electron chi connectivity index (χ0n) is 28.1. The summed E-state index contributed by atoms with van der Waals surface area (Å²) in [4.78, 5) is 10.5. The van der Waals surface area contributed by atoms with Crippen LogP contribution < -0.4 is 0 Å². The van der Waals surface area contributed by atoms with Gasteiger partial charge in [0.1, 0.15) is 11.4 Å². The van der Waals surface area contributed by atoms with Crippen LogP contribution in [0.1, 0.15) is 131 Å².